The van der Waals surface area contributed by atoms with Gasteiger partial charge in [0.05, 0.1) is 6.54 Å². The summed E-state index contributed by atoms with van der Waals surface area (Å²) >= 11 is 0. The van der Waals surface area contributed by atoms with Crippen molar-refractivity contribution in [3.05, 3.63) is 11.8 Å². The van der Waals surface area contributed by atoms with Crippen LogP contribution in [-0.2, 0) is 4.79 Å². The van der Waals surface area contributed by atoms with Crippen molar-refractivity contribution in [3.63, 3.8) is 0 Å². The molecule has 3 rings (SSSR count). The minimum absolute atomic E-state index is 0. The average molecular weight is 315 g/mol. The third-order valence-electron chi connectivity index (χ3n) is 4.36. The Kier molecular flexibility index (Phi) is 5.24. The number of aromatic nitrogens is 1. The number of halogens is 1. The largest absolute Gasteiger partial charge is 0.360 e. The molecule has 0 saturated carbocycles. The van der Waals surface area contributed by atoms with Crippen LogP contribution in [0.25, 0.3) is 0 Å². The highest BCUT2D eigenvalue weighted by atomic mass is 35.5. The molecule has 118 valence electrons. The fourth-order valence-corrected chi connectivity index (χ4v) is 3.35. The number of carbonyl (C=O) groups excluding carboxylic acids is 1. The quantitative estimate of drug-likeness (QED) is 0.882. The number of likely N-dealkylation sites (N-methyl/N-ethyl adjacent to an activating group) is 1. The number of rotatable bonds is 4. The first kappa shape index (κ1) is 16.3. The average Bonchev–Trinajstić information content (AvgIpc) is 2.95. The van der Waals surface area contributed by atoms with Crippen LogP contribution in [-0.4, -0.2) is 47.7 Å². The number of nitrogens with zero attached hydrogens (tertiary/aromatic N) is 2. The number of amides is 1. The lowest BCUT2D eigenvalue weighted by atomic mass is 9.98. The van der Waals surface area contributed by atoms with Gasteiger partial charge >= 0.3 is 0 Å². The standard InChI is InChI=1S/C14H22N4O2.ClH/c1-9-5-13(17-20-9)16-14(19)8-18(2)12-6-10-3-4-11(7-12)15-10;/h5,10-12,15H,3-4,6-8H2,1-2H3,(H,16,17,19);1H. The van der Waals surface area contributed by atoms with Gasteiger partial charge in [0.15, 0.2) is 5.82 Å². The van der Waals surface area contributed by atoms with E-state index in [9.17, 15) is 4.79 Å². The lowest BCUT2D eigenvalue weighted by Gasteiger charge is -2.35. The molecule has 2 bridgehead atoms. The van der Waals surface area contributed by atoms with Crippen LogP contribution in [0, 0.1) is 6.92 Å². The molecule has 2 aliphatic heterocycles. The van der Waals surface area contributed by atoms with Crippen molar-refractivity contribution < 1.29 is 9.32 Å². The van der Waals surface area contributed by atoms with Crippen LogP contribution in [0.4, 0.5) is 5.82 Å². The topological polar surface area (TPSA) is 70.4 Å². The predicted octanol–water partition coefficient (Wildman–Crippen LogP) is 1.56. The molecule has 1 aromatic rings. The van der Waals surface area contributed by atoms with E-state index in [1.165, 1.54) is 12.8 Å². The van der Waals surface area contributed by atoms with Crippen LogP contribution in [0.2, 0.25) is 0 Å². The lowest BCUT2D eigenvalue weighted by molar-refractivity contribution is -0.117. The molecule has 0 spiro atoms. The third kappa shape index (κ3) is 3.96. The van der Waals surface area contributed by atoms with Gasteiger partial charge in [-0.15, -0.1) is 12.4 Å². The fourth-order valence-electron chi connectivity index (χ4n) is 3.35. The van der Waals surface area contributed by atoms with Crippen LogP contribution in [0.1, 0.15) is 31.4 Å². The van der Waals surface area contributed by atoms with Gasteiger partial charge in [0, 0.05) is 24.2 Å². The number of hydrogen-bond acceptors (Lipinski definition) is 5. The SMILES string of the molecule is Cc1cc(NC(=O)CN(C)C2CC3CCC(C2)N3)no1.Cl. The van der Waals surface area contributed by atoms with Gasteiger partial charge in [0.1, 0.15) is 5.76 Å². The summed E-state index contributed by atoms with van der Waals surface area (Å²) in [6.45, 7) is 2.20. The molecule has 2 fully saturated rings. The van der Waals surface area contributed by atoms with E-state index in [0.29, 0.717) is 36.2 Å². The summed E-state index contributed by atoms with van der Waals surface area (Å²) < 4.78 is 4.94. The van der Waals surface area contributed by atoms with Crippen molar-refractivity contribution in [2.24, 2.45) is 0 Å². The Labute approximate surface area is 131 Å². The Balaban J connectivity index is 0.00000161. The molecule has 2 atom stereocenters. The van der Waals surface area contributed by atoms with Crippen LogP contribution in [0.3, 0.4) is 0 Å². The molecule has 1 amide bonds. The molecule has 21 heavy (non-hydrogen) atoms. The molecule has 3 heterocycles. The van der Waals surface area contributed by atoms with Gasteiger partial charge in [-0.2, -0.15) is 0 Å². The fraction of sp³-hybridized carbons (Fsp3) is 0.714. The molecular formula is C14H23ClN4O2. The summed E-state index contributed by atoms with van der Waals surface area (Å²) in [6, 6.07) is 3.51. The normalized spacial score (nSPS) is 27.5. The van der Waals surface area contributed by atoms with E-state index in [0.717, 1.165) is 12.8 Å². The zero-order chi connectivity index (χ0) is 14.1. The first-order valence-electron chi connectivity index (χ1n) is 7.29. The molecule has 1 aromatic heterocycles. The molecule has 7 heteroatoms. The third-order valence-corrected chi connectivity index (χ3v) is 4.36. The van der Waals surface area contributed by atoms with Gasteiger partial charge in [-0.3, -0.25) is 9.69 Å². The number of fused-ring (bicyclic) bond motifs is 2. The van der Waals surface area contributed by atoms with Gasteiger partial charge in [0.25, 0.3) is 0 Å². The van der Waals surface area contributed by atoms with Crippen molar-refractivity contribution in [2.75, 3.05) is 18.9 Å². The Bertz CT molecular complexity index is 481. The lowest BCUT2D eigenvalue weighted by Crippen LogP contribution is -2.48. The van der Waals surface area contributed by atoms with Crippen LogP contribution < -0.4 is 10.6 Å². The number of aryl methyl sites for hydroxylation is 1. The van der Waals surface area contributed by atoms with E-state index in [-0.39, 0.29) is 18.3 Å². The molecule has 2 saturated heterocycles. The Hall–Kier alpha value is -1.11. The number of carbonyl (C=O) groups is 1. The second kappa shape index (κ2) is 6.77. The van der Waals surface area contributed by atoms with E-state index in [1.54, 1.807) is 13.0 Å². The Morgan fingerprint density at radius 2 is 2.14 bits per heavy atom. The predicted molar refractivity (Wildman–Crippen MR) is 82.7 cm³/mol. The summed E-state index contributed by atoms with van der Waals surface area (Å²) in [5.41, 5.74) is 0. The highest BCUT2D eigenvalue weighted by Crippen LogP contribution is 2.29. The minimum atomic E-state index is -0.0355. The maximum Gasteiger partial charge on any atom is 0.239 e. The van der Waals surface area contributed by atoms with Gasteiger partial charge in [-0.05, 0) is 39.7 Å². The molecular weight excluding hydrogens is 292 g/mol. The number of hydrogen-bond donors (Lipinski definition) is 2. The van der Waals surface area contributed by atoms with Crippen molar-refractivity contribution in [2.45, 2.75) is 50.7 Å². The first-order valence-corrected chi connectivity index (χ1v) is 7.29. The van der Waals surface area contributed by atoms with Crippen LogP contribution in [0.15, 0.2) is 10.6 Å². The van der Waals surface area contributed by atoms with Crippen molar-refractivity contribution in [1.82, 2.24) is 15.4 Å². The summed E-state index contributed by atoms with van der Waals surface area (Å²) in [7, 11) is 2.03. The van der Waals surface area contributed by atoms with E-state index in [1.807, 2.05) is 7.05 Å². The van der Waals surface area contributed by atoms with Gasteiger partial charge in [-0.1, -0.05) is 5.16 Å². The summed E-state index contributed by atoms with van der Waals surface area (Å²) in [5, 5.41) is 10.2. The molecule has 2 N–H and O–H groups in total. The van der Waals surface area contributed by atoms with Crippen molar-refractivity contribution in [1.29, 1.82) is 0 Å². The second-order valence-corrected chi connectivity index (χ2v) is 6.05. The number of piperidine rings is 1. The summed E-state index contributed by atoms with van der Waals surface area (Å²) in [5.74, 6) is 1.15. The molecule has 2 aliphatic rings. The Morgan fingerprint density at radius 3 is 2.71 bits per heavy atom. The zero-order valence-corrected chi connectivity index (χ0v) is 13.3. The minimum Gasteiger partial charge on any atom is -0.360 e. The van der Waals surface area contributed by atoms with E-state index in [2.05, 4.69) is 20.7 Å². The van der Waals surface area contributed by atoms with Crippen LogP contribution >= 0.6 is 12.4 Å². The number of nitrogens with one attached hydrogen (secondary N) is 2. The van der Waals surface area contributed by atoms with E-state index >= 15 is 0 Å². The van der Waals surface area contributed by atoms with Gasteiger partial charge < -0.3 is 15.2 Å². The summed E-state index contributed by atoms with van der Waals surface area (Å²) in [4.78, 5) is 14.2. The van der Waals surface area contributed by atoms with E-state index in [4.69, 9.17) is 4.52 Å². The smallest absolute Gasteiger partial charge is 0.239 e. The Morgan fingerprint density at radius 1 is 1.48 bits per heavy atom. The second-order valence-electron chi connectivity index (χ2n) is 6.05. The summed E-state index contributed by atoms with van der Waals surface area (Å²) in [6.07, 6.45) is 4.84. The van der Waals surface area contributed by atoms with Crippen molar-refractivity contribution in [3.8, 4) is 0 Å². The molecule has 6 nitrogen and oxygen atoms in total. The maximum absolute atomic E-state index is 12.0. The van der Waals surface area contributed by atoms with Gasteiger partial charge in [0.2, 0.25) is 5.91 Å². The molecule has 0 radical (unpaired) electrons. The number of anilines is 1. The first-order chi connectivity index (χ1) is 9.60. The van der Waals surface area contributed by atoms with Crippen LogP contribution in [0.5, 0.6) is 0 Å². The van der Waals surface area contributed by atoms with Crippen molar-refractivity contribution >= 4 is 24.1 Å². The maximum atomic E-state index is 12.0. The molecule has 2 unspecified atom stereocenters. The highest BCUT2D eigenvalue weighted by Gasteiger charge is 2.35. The zero-order valence-electron chi connectivity index (χ0n) is 12.5. The highest BCUT2D eigenvalue weighted by molar-refractivity contribution is 5.91. The van der Waals surface area contributed by atoms with Gasteiger partial charge in [-0.25, -0.2) is 0 Å². The molecule has 0 aromatic carbocycles. The molecule has 0 aliphatic carbocycles. The van der Waals surface area contributed by atoms with E-state index < -0.39 is 0 Å². The monoisotopic (exact) mass is 314 g/mol.